The lowest BCUT2D eigenvalue weighted by Crippen LogP contribution is -2.35. The smallest absolute Gasteiger partial charge is 0.0104 e. The molecule has 1 aliphatic rings. The van der Waals surface area contributed by atoms with Crippen LogP contribution in [0.15, 0.2) is 0 Å². The van der Waals surface area contributed by atoms with Gasteiger partial charge in [0.15, 0.2) is 0 Å². The van der Waals surface area contributed by atoms with Crippen LogP contribution in [0.3, 0.4) is 0 Å². The van der Waals surface area contributed by atoms with Crippen molar-refractivity contribution in [3.8, 4) is 0 Å². The zero-order valence-electron chi connectivity index (χ0n) is 9.34. The van der Waals surface area contributed by atoms with Crippen LogP contribution in [0.4, 0.5) is 0 Å². The summed E-state index contributed by atoms with van der Waals surface area (Å²) in [6, 6.07) is 0.755. The van der Waals surface area contributed by atoms with Crippen LogP contribution < -0.4 is 5.32 Å². The first kappa shape index (κ1) is 11.0. The Labute approximate surface area is 82.7 Å². The van der Waals surface area contributed by atoms with Crippen molar-refractivity contribution in [2.24, 2.45) is 5.92 Å². The first-order valence-corrected chi connectivity index (χ1v) is 5.56. The third-order valence-electron chi connectivity index (χ3n) is 3.23. The summed E-state index contributed by atoms with van der Waals surface area (Å²) in [7, 11) is 6.42. The minimum absolute atomic E-state index is 0.755. The Bertz CT molecular complexity index is 128. The molecule has 0 bridgehead atoms. The summed E-state index contributed by atoms with van der Waals surface area (Å²) in [5.74, 6) is 0.949. The highest BCUT2D eigenvalue weighted by atomic mass is 15.1. The van der Waals surface area contributed by atoms with Crippen LogP contribution in [0, 0.1) is 5.92 Å². The summed E-state index contributed by atoms with van der Waals surface area (Å²) in [4.78, 5) is 2.28. The molecule has 0 aromatic carbocycles. The van der Waals surface area contributed by atoms with E-state index in [0.29, 0.717) is 0 Å². The van der Waals surface area contributed by atoms with Gasteiger partial charge in [-0.15, -0.1) is 0 Å². The van der Waals surface area contributed by atoms with Gasteiger partial charge in [0.2, 0.25) is 0 Å². The van der Waals surface area contributed by atoms with Crippen LogP contribution in [-0.4, -0.2) is 38.6 Å². The van der Waals surface area contributed by atoms with Gasteiger partial charge >= 0.3 is 0 Å². The fraction of sp³-hybridized carbons (Fsp3) is 1.00. The maximum atomic E-state index is 3.47. The molecule has 1 atom stereocenters. The molecular weight excluding hydrogens is 160 g/mol. The molecular formula is C11H24N2. The van der Waals surface area contributed by atoms with E-state index in [1.54, 1.807) is 0 Å². The molecule has 2 heteroatoms. The average molecular weight is 184 g/mol. The Balaban J connectivity index is 2.24. The van der Waals surface area contributed by atoms with Crippen molar-refractivity contribution in [1.29, 1.82) is 0 Å². The summed E-state index contributed by atoms with van der Waals surface area (Å²) in [5, 5.41) is 3.47. The van der Waals surface area contributed by atoms with Gasteiger partial charge < -0.3 is 10.2 Å². The molecule has 0 heterocycles. The van der Waals surface area contributed by atoms with Crippen molar-refractivity contribution in [3.63, 3.8) is 0 Å². The molecule has 1 unspecified atom stereocenters. The molecule has 78 valence electrons. The van der Waals surface area contributed by atoms with Gasteiger partial charge in [0.25, 0.3) is 0 Å². The quantitative estimate of drug-likeness (QED) is 0.700. The Hall–Kier alpha value is -0.0800. The molecule has 13 heavy (non-hydrogen) atoms. The van der Waals surface area contributed by atoms with Gasteiger partial charge in [-0.25, -0.2) is 0 Å². The lowest BCUT2D eigenvalue weighted by Gasteiger charge is -2.24. The van der Waals surface area contributed by atoms with Gasteiger partial charge in [-0.3, -0.25) is 0 Å². The van der Waals surface area contributed by atoms with E-state index in [9.17, 15) is 0 Å². The van der Waals surface area contributed by atoms with Gasteiger partial charge in [0.1, 0.15) is 0 Å². The average Bonchev–Trinajstić information content (AvgIpc) is 2.58. The molecule has 0 amide bonds. The monoisotopic (exact) mass is 184 g/mol. The fourth-order valence-corrected chi connectivity index (χ4v) is 2.37. The van der Waals surface area contributed by atoms with Gasteiger partial charge in [-0.2, -0.15) is 0 Å². The van der Waals surface area contributed by atoms with Crippen LogP contribution in [0.1, 0.15) is 32.1 Å². The Morgan fingerprint density at radius 3 is 2.38 bits per heavy atom. The van der Waals surface area contributed by atoms with E-state index in [1.165, 1.54) is 38.6 Å². The largest absolute Gasteiger partial charge is 0.317 e. The number of hydrogen-bond donors (Lipinski definition) is 1. The van der Waals surface area contributed by atoms with E-state index >= 15 is 0 Å². The molecule has 1 aliphatic carbocycles. The normalized spacial score (nSPS) is 21.2. The van der Waals surface area contributed by atoms with Gasteiger partial charge in [0, 0.05) is 6.04 Å². The molecule has 0 saturated heterocycles. The lowest BCUT2D eigenvalue weighted by atomic mass is 9.95. The number of nitrogens with one attached hydrogen (secondary N) is 1. The summed E-state index contributed by atoms with van der Waals surface area (Å²) >= 11 is 0. The summed E-state index contributed by atoms with van der Waals surface area (Å²) < 4.78 is 0. The van der Waals surface area contributed by atoms with Crippen molar-refractivity contribution in [3.05, 3.63) is 0 Å². The van der Waals surface area contributed by atoms with Crippen LogP contribution in [0.2, 0.25) is 0 Å². The molecule has 0 aromatic heterocycles. The minimum Gasteiger partial charge on any atom is -0.317 e. The maximum Gasteiger partial charge on any atom is 0.0104 e. The van der Waals surface area contributed by atoms with Crippen LogP contribution in [0.25, 0.3) is 0 Å². The molecule has 0 aliphatic heterocycles. The van der Waals surface area contributed by atoms with E-state index < -0.39 is 0 Å². The van der Waals surface area contributed by atoms with Crippen molar-refractivity contribution in [2.45, 2.75) is 38.1 Å². The van der Waals surface area contributed by atoms with Crippen LogP contribution in [-0.2, 0) is 0 Å². The van der Waals surface area contributed by atoms with Gasteiger partial charge in [-0.1, -0.05) is 12.8 Å². The van der Waals surface area contributed by atoms with E-state index in [1.807, 2.05) is 0 Å². The minimum atomic E-state index is 0.755. The Morgan fingerprint density at radius 1 is 1.31 bits per heavy atom. The van der Waals surface area contributed by atoms with Crippen molar-refractivity contribution >= 4 is 0 Å². The van der Waals surface area contributed by atoms with E-state index in [0.717, 1.165) is 12.0 Å². The van der Waals surface area contributed by atoms with Crippen LogP contribution in [0.5, 0.6) is 0 Å². The molecule has 1 saturated carbocycles. The molecule has 0 aromatic rings. The third kappa shape index (κ3) is 3.65. The zero-order chi connectivity index (χ0) is 9.68. The molecule has 1 N–H and O–H groups in total. The first-order valence-electron chi connectivity index (χ1n) is 5.56. The van der Waals surface area contributed by atoms with Crippen molar-refractivity contribution in [2.75, 3.05) is 27.7 Å². The SMILES string of the molecule is CNC(CCN(C)C)C1CCCC1. The third-order valence-corrected chi connectivity index (χ3v) is 3.23. The molecule has 0 spiro atoms. The number of rotatable bonds is 5. The summed E-state index contributed by atoms with van der Waals surface area (Å²) in [6.07, 6.45) is 7.08. The lowest BCUT2D eigenvalue weighted by molar-refractivity contribution is 0.307. The van der Waals surface area contributed by atoms with Crippen molar-refractivity contribution < 1.29 is 0 Å². The fourth-order valence-electron chi connectivity index (χ4n) is 2.37. The Morgan fingerprint density at radius 2 is 1.92 bits per heavy atom. The van der Waals surface area contributed by atoms with E-state index in [2.05, 4.69) is 31.4 Å². The van der Waals surface area contributed by atoms with Gasteiger partial charge in [0.05, 0.1) is 0 Å². The molecule has 1 fully saturated rings. The highest BCUT2D eigenvalue weighted by molar-refractivity contribution is 4.79. The Kier molecular flexibility index (Phi) is 4.74. The number of nitrogens with zero attached hydrogens (tertiary/aromatic N) is 1. The van der Waals surface area contributed by atoms with E-state index in [-0.39, 0.29) is 0 Å². The molecule has 2 nitrogen and oxygen atoms in total. The first-order chi connectivity index (χ1) is 6.24. The second-order valence-electron chi connectivity index (χ2n) is 4.53. The molecule has 1 rings (SSSR count). The molecule has 0 radical (unpaired) electrons. The second kappa shape index (κ2) is 5.61. The van der Waals surface area contributed by atoms with E-state index in [4.69, 9.17) is 0 Å². The van der Waals surface area contributed by atoms with Crippen molar-refractivity contribution in [1.82, 2.24) is 10.2 Å². The zero-order valence-corrected chi connectivity index (χ0v) is 9.34. The number of hydrogen-bond acceptors (Lipinski definition) is 2. The topological polar surface area (TPSA) is 15.3 Å². The summed E-state index contributed by atoms with van der Waals surface area (Å²) in [6.45, 7) is 1.21. The highest BCUT2D eigenvalue weighted by Gasteiger charge is 2.23. The predicted octanol–water partition coefficient (Wildman–Crippen LogP) is 1.72. The maximum absolute atomic E-state index is 3.47. The van der Waals surface area contributed by atoms with Crippen LogP contribution >= 0.6 is 0 Å². The van der Waals surface area contributed by atoms with Gasteiger partial charge in [-0.05, 0) is 52.9 Å². The highest BCUT2D eigenvalue weighted by Crippen LogP contribution is 2.28. The predicted molar refractivity (Wildman–Crippen MR) is 58.0 cm³/mol. The standard InChI is InChI=1S/C11H24N2/c1-12-11(8-9-13(2)3)10-6-4-5-7-10/h10-12H,4-9H2,1-3H3. The summed E-state index contributed by atoms with van der Waals surface area (Å²) in [5.41, 5.74) is 0. The second-order valence-corrected chi connectivity index (χ2v) is 4.53.